The molecule has 3 aromatic carbocycles. The molecule has 0 N–H and O–H groups in total. The van der Waals surface area contributed by atoms with Crippen LogP contribution in [0.1, 0.15) is 207 Å². The highest BCUT2D eigenvalue weighted by molar-refractivity contribution is 5.86. The average molecular weight is 919 g/mol. The number of benzene rings is 3. The summed E-state index contributed by atoms with van der Waals surface area (Å²) in [5.41, 5.74) is 10.3. The van der Waals surface area contributed by atoms with E-state index in [0.717, 1.165) is 42.0 Å². The zero-order valence-corrected chi connectivity index (χ0v) is 45.6. The van der Waals surface area contributed by atoms with Crippen LogP contribution in [-0.2, 0) is 23.7 Å². The van der Waals surface area contributed by atoms with Crippen molar-refractivity contribution in [3.63, 3.8) is 0 Å². The van der Waals surface area contributed by atoms with Gasteiger partial charge < -0.3 is 18.4 Å². The Morgan fingerprint density at radius 3 is 1.49 bits per heavy atom. The Bertz CT molecular complexity index is 2080. The van der Waals surface area contributed by atoms with E-state index in [1.807, 2.05) is 0 Å². The molecule has 0 radical (unpaired) electrons. The molecule has 1 atom stereocenters. The van der Waals surface area contributed by atoms with Gasteiger partial charge in [0.25, 0.3) is 0 Å². The molecule has 1 spiro atoms. The summed E-state index contributed by atoms with van der Waals surface area (Å²) in [5, 5.41) is 0. The van der Waals surface area contributed by atoms with Crippen molar-refractivity contribution < 1.29 is 27.6 Å². The fraction of sp³-hybridized carbons (Fsp3) is 0.672. The number of hydrogen-bond donors (Lipinski definition) is 0. The van der Waals surface area contributed by atoms with Gasteiger partial charge in [0.1, 0.15) is 0 Å². The van der Waals surface area contributed by atoms with Crippen molar-refractivity contribution in [3.8, 4) is 22.6 Å². The lowest BCUT2D eigenvalue weighted by atomic mass is 9.79. The van der Waals surface area contributed by atoms with Gasteiger partial charge in [0.15, 0.2) is 23.9 Å². The number of unbranched alkanes of at least 4 members (excludes halogenated alkanes) is 6. The Kier molecular flexibility index (Phi) is 17.4. The lowest BCUT2D eigenvalue weighted by molar-refractivity contribution is -0.928. The second-order valence-electron chi connectivity index (χ2n) is 24.1. The molecule has 1 unspecified atom stereocenters. The molecule has 0 aliphatic carbocycles. The minimum atomic E-state index is -1.11. The van der Waals surface area contributed by atoms with Gasteiger partial charge in [-0.05, 0) is 95.4 Å². The van der Waals surface area contributed by atoms with Crippen LogP contribution in [0, 0.1) is 0 Å². The van der Waals surface area contributed by atoms with E-state index >= 15 is 0 Å². The molecule has 67 heavy (non-hydrogen) atoms. The fourth-order valence-corrected chi connectivity index (χ4v) is 11.5. The van der Waals surface area contributed by atoms with Crippen LogP contribution in [0.4, 0.5) is 0 Å². The van der Waals surface area contributed by atoms with E-state index in [1.165, 1.54) is 172 Å². The van der Waals surface area contributed by atoms with Crippen LogP contribution in [-0.4, -0.2) is 101 Å². The molecule has 1 saturated heterocycles. The number of quaternary nitrogens is 2. The lowest BCUT2D eigenvalue weighted by Gasteiger charge is -2.40. The molecule has 3 aliphatic rings. The minimum Gasteiger partial charge on any atom is -0.341 e. The Labute approximate surface area is 411 Å². The Morgan fingerprint density at radius 1 is 0.552 bits per heavy atom. The van der Waals surface area contributed by atoms with Gasteiger partial charge in [-0.1, -0.05) is 161 Å². The Hall–Kier alpha value is -3.48. The summed E-state index contributed by atoms with van der Waals surface area (Å²) in [5.74, 6) is 1.81. The topological polar surface area (TPSA) is 24.5 Å². The maximum atomic E-state index is 7.38. The smallest absolute Gasteiger partial charge is 0.341 e. The van der Waals surface area contributed by atoms with Crippen LogP contribution in [0.15, 0.2) is 48.5 Å². The van der Waals surface area contributed by atoms with Gasteiger partial charge in [-0.15, -0.1) is 0 Å². The van der Waals surface area contributed by atoms with Crippen LogP contribution in [0.5, 0.6) is 11.5 Å². The third kappa shape index (κ3) is 11.9. The van der Waals surface area contributed by atoms with Crippen molar-refractivity contribution in [2.75, 3.05) is 58.9 Å². The summed E-state index contributed by atoms with van der Waals surface area (Å²) in [6.45, 7) is 43.7. The maximum Gasteiger partial charge on any atom is 0.704 e. The van der Waals surface area contributed by atoms with Crippen LogP contribution >= 0.6 is 0 Å². The van der Waals surface area contributed by atoms with Gasteiger partial charge in [0.05, 0.1) is 63.5 Å². The average Bonchev–Trinajstić information content (AvgIpc) is 3.51. The van der Waals surface area contributed by atoms with Crippen LogP contribution in [0.2, 0.25) is 0 Å². The number of ether oxygens (including phenoxy) is 2. The van der Waals surface area contributed by atoms with Gasteiger partial charge >= 0.3 is 6.03 Å². The van der Waals surface area contributed by atoms with Crippen molar-refractivity contribution in [2.24, 2.45) is 0 Å². The molecule has 3 heterocycles. The molecule has 0 bridgehead atoms. The Morgan fingerprint density at radius 2 is 1.04 bits per heavy atom. The summed E-state index contributed by atoms with van der Waals surface area (Å²) in [6.07, 6.45) is 22.3. The Balaban J connectivity index is 1.47. The van der Waals surface area contributed by atoms with Crippen molar-refractivity contribution in [3.05, 3.63) is 81.9 Å². The van der Waals surface area contributed by atoms with Crippen molar-refractivity contribution >= 4 is 12.4 Å². The summed E-state index contributed by atoms with van der Waals surface area (Å²) >= 11 is 0. The highest BCUT2D eigenvalue weighted by Gasteiger charge is 2.75. The quantitative estimate of drug-likeness (QED) is 0.0625. The molecule has 6 nitrogen and oxygen atoms in total. The molecule has 0 aromatic heterocycles. The number of nitrogens with zero attached hydrogens (tertiary/aromatic N) is 4. The predicted molar refractivity (Wildman–Crippen MR) is 286 cm³/mol. The molecule has 0 saturated carbocycles. The van der Waals surface area contributed by atoms with E-state index in [1.54, 1.807) is 0 Å². The van der Waals surface area contributed by atoms with Gasteiger partial charge in [-0.2, -0.15) is 0 Å². The third-order valence-corrected chi connectivity index (χ3v) is 15.9. The minimum absolute atomic E-state index is 0.0153. The molecule has 6 rings (SSSR count). The van der Waals surface area contributed by atoms with E-state index in [-0.39, 0.29) is 16.4 Å². The highest BCUT2D eigenvalue weighted by atomic mass is 16.7. The van der Waals surface area contributed by atoms with Crippen molar-refractivity contribution in [2.45, 2.75) is 209 Å². The van der Waals surface area contributed by atoms with E-state index in [0.29, 0.717) is 0 Å². The molecule has 3 aliphatic heterocycles. The lowest BCUT2D eigenvalue weighted by Crippen LogP contribution is -2.61. The van der Waals surface area contributed by atoms with Gasteiger partial charge in [0, 0.05) is 32.3 Å². The predicted octanol–water partition coefficient (Wildman–Crippen LogP) is 14.2. The molecular weight excluding hydrogens is 821 g/mol. The monoisotopic (exact) mass is 919 g/mol. The van der Waals surface area contributed by atoms with Crippen molar-refractivity contribution in [1.29, 1.82) is 0 Å². The normalized spacial score (nSPS) is 17.8. The summed E-state index contributed by atoms with van der Waals surface area (Å²) in [7, 11) is 0. The molecular formula is C61H98N4O2+4. The second-order valence-corrected chi connectivity index (χ2v) is 24.1. The molecule has 6 heteroatoms. The van der Waals surface area contributed by atoms with Gasteiger partial charge in [-0.3, -0.25) is 0 Å². The van der Waals surface area contributed by atoms with E-state index in [2.05, 4.69) is 167 Å². The van der Waals surface area contributed by atoms with E-state index in [9.17, 15) is 0 Å². The van der Waals surface area contributed by atoms with Crippen LogP contribution in [0.25, 0.3) is 11.1 Å². The van der Waals surface area contributed by atoms with Crippen LogP contribution < -0.4 is 9.47 Å². The SMILES string of the molecule is CCCC[N+](CCCC)(CCCC)CCc1cccc(CC[N+](CCCC)(CCCC)CCCC)c1-c1ccc2c(c1)C=[N+]1C(C)(C)C[N+]3=Cc4cc(C(C)(C)C)cc(C(C)(C)C)c4OC31O2. The van der Waals surface area contributed by atoms with E-state index < -0.39 is 6.03 Å². The summed E-state index contributed by atoms with van der Waals surface area (Å²) < 4.78 is 21.9. The standard InChI is InChI=1S/C61H98N4O2/c1-15-21-34-64(35-22-16-2,36-23-17-3)40-32-48-28-27-29-49(33-41-65(37-24-18-4,38-25-19-5)39-26-20-6)56(48)50-30-31-55-51(42-50)46-63-60(13,14)47-62-45-52-43-53(58(7,8)9)44-54(59(10,11)12)57(52)67-61(62,63)66-55/h27-31,42-46H,15-26,32-41,47H2,1-14H3/q+4. The van der Waals surface area contributed by atoms with Crippen molar-refractivity contribution in [1.82, 2.24) is 0 Å². The number of rotatable bonds is 25. The van der Waals surface area contributed by atoms with Crippen LogP contribution in [0.3, 0.4) is 0 Å². The second kappa shape index (κ2) is 22.1. The van der Waals surface area contributed by atoms with Gasteiger partial charge in [-0.25, -0.2) is 0 Å². The van der Waals surface area contributed by atoms with E-state index in [4.69, 9.17) is 9.47 Å². The first-order chi connectivity index (χ1) is 31.8. The largest absolute Gasteiger partial charge is 0.704 e. The fourth-order valence-electron chi connectivity index (χ4n) is 11.5. The number of fused-ring (bicyclic) bond motifs is 2. The first-order valence-electron chi connectivity index (χ1n) is 27.6. The molecule has 0 amide bonds. The molecule has 370 valence electrons. The zero-order valence-electron chi connectivity index (χ0n) is 45.6. The first-order valence-corrected chi connectivity index (χ1v) is 27.6. The van der Waals surface area contributed by atoms with Gasteiger partial charge in [0.2, 0.25) is 12.1 Å². The first kappa shape index (κ1) is 52.9. The number of hydrogen-bond acceptors (Lipinski definition) is 2. The maximum absolute atomic E-state index is 7.38. The summed E-state index contributed by atoms with van der Waals surface area (Å²) in [6, 6.07) is 18.1. The summed E-state index contributed by atoms with van der Waals surface area (Å²) in [4.78, 5) is 0. The molecule has 3 aromatic rings. The molecule has 1 fully saturated rings. The highest BCUT2D eigenvalue weighted by Crippen LogP contribution is 2.47. The third-order valence-electron chi connectivity index (χ3n) is 15.9. The zero-order chi connectivity index (χ0) is 48.7.